The summed E-state index contributed by atoms with van der Waals surface area (Å²) in [6, 6.07) is 0. The van der Waals surface area contributed by atoms with Crippen LogP contribution in [0.3, 0.4) is 0 Å². The van der Waals surface area contributed by atoms with E-state index in [1.54, 1.807) is 6.92 Å². The first-order valence-corrected chi connectivity index (χ1v) is 5.18. The number of carbonyl (C=O) groups is 1. The van der Waals surface area contributed by atoms with Crippen molar-refractivity contribution >= 4 is 5.91 Å². The fourth-order valence-corrected chi connectivity index (χ4v) is 0.918. The van der Waals surface area contributed by atoms with E-state index < -0.39 is 6.10 Å². The first kappa shape index (κ1) is 13.4. The minimum atomic E-state index is -0.469. The average Bonchev–Trinajstić information content (AvgIpc) is 1.99. The Morgan fingerprint density at radius 3 is 2.21 bits per heavy atom. The summed E-state index contributed by atoms with van der Waals surface area (Å²) in [6.45, 7) is 10.4. The van der Waals surface area contributed by atoms with Crippen LogP contribution in [0.25, 0.3) is 0 Å². The average molecular weight is 201 g/mol. The third-order valence-electron chi connectivity index (χ3n) is 2.56. The number of aliphatic hydroxyl groups is 1. The molecule has 0 saturated carbocycles. The first-order valence-electron chi connectivity index (χ1n) is 5.18. The van der Waals surface area contributed by atoms with E-state index in [0.29, 0.717) is 18.9 Å². The summed E-state index contributed by atoms with van der Waals surface area (Å²) in [5, 5.41) is 11.7. The Labute approximate surface area is 86.9 Å². The Bertz CT molecular complexity index is 182. The van der Waals surface area contributed by atoms with Crippen molar-refractivity contribution in [3.63, 3.8) is 0 Å². The molecule has 0 aliphatic rings. The smallest absolute Gasteiger partial charge is 0.220 e. The van der Waals surface area contributed by atoms with Crippen molar-refractivity contribution < 1.29 is 9.90 Å². The van der Waals surface area contributed by atoms with Crippen LogP contribution in [0, 0.1) is 11.3 Å². The normalized spacial score (nSPS) is 16.1. The van der Waals surface area contributed by atoms with Crippen LogP contribution in [0.1, 0.15) is 41.0 Å². The second kappa shape index (κ2) is 5.35. The quantitative estimate of drug-likeness (QED) is 0.725. The minimum absolute atomic E-state index is 0.0216. The highest BCUT2D eigenvalue weighted by molar-refractivity contribution is 5.76. The molecule has 3 heteroatoms. The van der Waals surface area contributed by atoms with Gasteiger partial charge in [0.2, 0.25) is 5.91 Å². The van der Waals surface area contributed by atoms with E-state index in [-0.39, 0.29) is 11.3 Å². The Kier molecular flexibility index (Phi) is 5.13. The fourth-order valence-electron chi connectivity index (χ4n) is 0.918. The maximum absolute atomic E-state index is 11.4. The molecule has 0 saturated heterocycles. The number of amides is 1. The standard InChI is InChI=1S/C11H23NO2/c1-8(11(3,4)5)6-10(14)12-7-9(2)13/h8-9,13H,6-7H2,1-5H3,(H,12,14)/t8?,9-/m0/s1. The molecule has 0 aliphatic carbocycles. The van der Waals surface area contributed by atoms with Crippen molar-refractivity contribution in [1.82, 2.24) is 5.32 Å². The number of nitrogens with one attached hydrogen (secondary N) is 1. The van der Waals surface area contributed by atoms with Crippen molar-refractivity contribution in [1.29, 1.82) is 0 Å². The van der Waals surface area contributed by atoms with Crippen molar-refractivity contribution in [2.75, 3.05) is 6.54 Å². The summed E-state index contributed by atoms with van der Waals surface area (Å²) in [7, 11) is 0. The van der Waals surface area contributed by atoms with Crippen molar-refractivity contribution in [3.8, 4) is 0 Å². The molecule has 0 rings (SSSR count). The number of aliphatic hydroxyl groups excluding tert-OH is 1. The van der Waals surface area contributed by atoms with Crippen LogP contribution in [0.2, 0.25) is 0 Å². The van der Waals surface area contributed by atoms with Crippen molar-refractivity contribution in [2.45, 2.75) is 47.1 Å². The van der Waals surface area contributed by atoms with Crippen LogP contribution in [0.5, 0.6) is 0 Å². The maximum atomic E-state index is 11.4. The lowest BCUT2D eigenvalue weighted by molar-refractivity contribution is -0.123. The molecule has 0 radical (unpaired) electrons. The van der Waals surface area contributed by atoms with Crippen LogP contribution in [-0.4, -0.2) is 23.7 Å². The summed E-state index contributed by atoms with van der Waals surface area (Å²) in [4.78, 5) is 11.4. The van der Waals surface area contributed by atoms with E-state index in [2.05, 4.69) is 33.0 Å². The van der Waals surface area contributed by atoms with Crippen LogP contribution in [0.15, 0.2) is 0 Å². The summed E-state index contributed by atoms with van der Waals surface area (Å²) < 4.78 is 0. The number of hydrogen-bond donors (Lipinski definition) is 2. The van der Waals surface area contributed by atoms with Crippen LogP contribution in [-0.2, 0) is 4.79 Å². The topological polar surface area (TPSA) is 49.3 Å². The predicted octanol–water partition coefficient (Wildman–Crippen LogP) is 1.56. The van der Waals surface area contributed by atoms with Gasteiger partial charge in [0.05, 0.1) is 6.10 Å². The van der Waals surface area contributed by atoms with Gasteiger partial charge >= 0.3 is 0 Å². The Morgan fingerprint density at radius 2 is 1.86 bits per heavy atom. The monoisotopic (exact) mass is 201 g/mol. The van der Waals surface area contributed by atoms with E-state index in [0.717, 1.165) is 0 Å². The van der Waals surface area contributed by atoms with Gasteiger partial charge in [0, 0.05) is 13.0 Å². The highest BCUT2D eigenvalue weighted by atomic mass is 16.3. The summed E-state index contributed by atoms with van der Waals surface area (Å²) in [6.07, 6.45) is 0.0554. The van der Waals surface area contributed by atoms with E-state index in [4.69, 9.17) is 5.11 Å². The second-order valence-electron chi connectivity index (χ2n) is 5.12. The van der Waals surface area contributed by atoms with Gasteiger partial charge in [-0.25, -0.2) is 0 Å². The van der Waals surface area contributed by atoms with E-state index in [1.165, 1.54) is 0 Å². The summed E-state index contributed by atoms with van der Waals surface area (Å²) in [5.41, 5.74) is 0.155. The molecule has 0 aromatic heterocycles. The molecule has 2 N–H and O–H groups in total. The molecule has 0 fully saturated rings. The molecular weight excluding hydrogens is 178 g/mol. The van der Waals surface area contributed by atoms with Crippen LogP contribution in [0.4, 0.5) is 0 Å². The maximum Gasteiger partial charge on any atom is 0.220 e. The third kappa shape index (κ3) is 5.97. The third-order valence-corrected chi connectivity index (χ3v) is 2.56. The molecule has 0 aliphatic heterocycles. The van der Waals surface area contributed by atoms with Gasteiger partial charge in [-0.15, -0.1) is 0 Å². The molecule has 0 aromatic carbocycles. The second-order valence-corrected chi connectivity index (χ2v) is 5.12. The summed E-state index contributed by atoms with van der Waals surface area (Å²) in [5.74, 6) is 0.366. The highest BCUT2D eigenvalue weighted by Gasteiger charge is 2.22. The van der Waals surface area contributed by atoms with E-state index in [9.17, 15) is 4.79 Å². The molecule has 3 nitrogen and oxygen atoms in total. The number of hydrogen-bond acceptors (Lipinski definition) is 2. The number of carbonyl (C=O) groups excluding carboxylic acids is 1. The molecule has 1 unspecified atom stereocenters. The molecular formula is C11H23NO2. The lowest BCUT2D eigenvalue weighted by atomic mass is 9.80. The largest absolute Gasteiger partial charge is 0.392 e. The Morgan fingerprint density at radius 1 is 1.36 bits per heavy atom. The van der Waals surface area contributed by atoms with Gasteiger partial charge in [-0.05, 0) is 18.3 Å². The van der Waals surface area contributed by atoms with Crippen LogP contribution < -0.4 is 5.32 Å². The fraction of sp³-hybridized carbons (Fsp3) is 0.909. The first-order chi connectivity index (χ1) is 6.23. The van der Waals surface area contributed by atoms with Gasteiger partial charge < -0.3 is 10.4 Å². The van der Waals surface area contributed by atoms with Crippen LogP contribution >= 0.6 is 0 Å². The predicted molar refractivity (Wildman–Crippen MR) is 57.9 cm³/mol. The molecule has 0 spiro atoms. The zero-order valence-electron chi connectivity index (χ0n) is 9.92. The molecule has 0 bridgehead atoms. The zero-order valence-corrected chi connectivity index (χ0v) is 9.92. The number of rotatable bonds is 4. The molecule has 1 amide bonds. The summed E-state index contributed by atoms with van der Waals surface area (Å²) >= 11 is 0. The SMILES string of the molecule is CC(CC(=O)NC[C@H](C)O)C(C)(C)C. The van der Waals surface area contributed by atoms with Gasteiger partial charge in [-0.3, -0.25) is 4.79 Å². The molecule has 0 heterocycles. The van der Waals surface area contributed by atoms with Gasteiger partial charge in [-0.2, -0.15) is 0 Å². The molecule has 2 atom stereocenters. The molecule has 0 aromatic rings. The minimum Gasteiger partial charge on any atom is -0.392 e. The lowest BCUT2D eigenvalue weighted by Crippen LogP contribution is -2.33. The van der Waals surface area contributed by atoms with Gasteiger partial charge in [0.15, 0.2) is 0 Å². The zero-order chi connectivity index (χ0) is 11.4. The molecule has 14 heavy (non-hydrogen) atoms. The molecule has 84 valence electrons. The van der Waals surface area contributed by atoms with Gasteiger partial charge in [0.1, 0.15) is 0 Å². The van der Waals surface area contributed by atoms with Gasteiger partial charge in [-0.1, -0.05) is 27.7 Å². The van der Waals surface area contributed by atoms with E-state index in [1.807, 2.05) is 0 Å². The van der Waals surface area contributed by atoms with Crippen molar-refractivity contribution in [2.24, 2.45) is 11.3 Å². The van der Waals surface area contributed by atoms with E-state index >= 15 is 0 Å². The lowest BCUT2D eigenvalue weighted by Gasteiger charge is -2.26. The van der Waals surface area contributed by atoms with Gasteiger partial charge in [0.25, 0.3) is 0 Å². The Hall–Kier alpha value is -0.570. The Balaban J connectivity index is 3.84. The van der Waals surface area contributed by atoms with Crippen molar-refractivity contribution in [3.05, 3.63) is 0 Å². The highest BCUT2D eigenvalue weighted by Crippen LogP contribution is 2.27.